The van der Waals surface area contributed by atoms with Crippen molar-refractivity contribution in [1.29, 1.82) is 0 Å². The molecule has 0 unspecified atom stereocenters. The largest absolute Gasteiger partial charge is 0.351 e. The third kappa shape index (κ3) is 4.30. The summed E-state index contributed by atoms with van der Waals surface area (Å²) in [7, 11) is -3.29. The van der Waals surface area contributed by atoms with E-state index >= 15 is 0 Å². The Morgan fingerprint density at radius 2 is 1.96 bits per heavy atom. The zero-order valence-corrected chi connectivity index (χ0v) is 17.4. The number of aromatic nitrogens is 2. The molecule has 0 bridgehead atoms. The van der Waals surface area contributed by atoms with Crippen LogP contribution in [0, 0.1) is 5.92 Å². The van der Waals surface area contributed by atoms with Gasteiger partial charge in [0, 0.05) is 29.2 Å². The van der Waals surface area contributed by atoms with E-state index in [1.165, 1.54) is 24.7 Å². The molecule has 0 aliphatic heterocycles. The minimum Gasteiger partial charge on any atom is -0.351 e. The van der Waals surface area contributed by atoms with Gasteiger partial charge in [0.15, 0.2) is 9.84 Å². The van der Waals surface area contributed by atoms with Crippen LogP contribution in [-0.4, -0.2) is 31.2 Å². The van der Waals surface area contributed by atoms with E-state index in [1.54, 1.807) is 24.5 Å². The molecule has 5 nitrogen and oxygen atoms in total. The number of fused-ring (bicyclic) bond motifs is 1. The molecule has 1 aliphatic rings. The van der Waals surface area contributed by atoms with Crippen LogP contribution in [0.1, 0.15) is 18.4 Å². The number of rotatable bonds is 6. The number of hydrogen-bond acceptors (Lipinski definition) is 5. The minimum absolute atomic E-state index is 0.292. The summed E-state index contributed by atoms with van der Waals surface area (Å²) in [5.41, 5.74) is 1.93. The molecule has 27 heavy (non-hydrogen) atoms. The fourth-order valence-electron chi connectivity index (χ4n) is 3.20. The molecule has 140 valence electrons. The molecule has 2 aromatic carbocycles. The average Bonchev–Trinajstić information content (AvgIpc) is 3.43. The molecule has 0 saturated heterocycles. The van der Waals surface area contributed by atoms with Gasteiger partial charge < -0.3 is 4.90 Å². The predicted molar refractivity (Wildman–Crippen MR) is 111 cm³/mol. The highest BCUT2D eigenvalue weighted by Gasteiger charge is 2.26. The number of nitrogens with zero attached hydrogens (tertiary/aromatic N) is 3. The lowest BCUT2D eigenvalue weighted by molar-refractivity contribution is 0.602. The standard InChI is InChI=1S/C20H20BrN3O2S/c1-27(25,26)17-7-8-19-18(10-17)20(23-13-22-19)24(11-14-5-6-14)12-15-3-2-4-16(21)9-15/h2-4,7-10,13-14H,5-6,11-12H2,1H3. The van der Waals surface area contributed by atoms with E-state index in [4.69, 9.17) is 0 Å². The smallest absolute Gasteiger partial charge is 0.175 e. The molecule has 1 fully saturated rings. The zero-order chi connectivity index (χ0) is 19.0. The predicted octanol–water partition coefficient (Wildman–Crippen LogP) is 4.21. The van der Waals surface area contributed by atoms with Crippen molar-refractivity contribution < 1.29 is 8.42 Å². The van der Waals surface area contributed by atoms with Gasteiger partial charge >= 0.3 is 0 Å². The first-order valence-electron chi connectivity index (χ1n) is 8.84. The topological polar surface area (TPSA) is 63.2 Å². The van der Waals surface area contributed by atoms with Gasteiger partial charge in [0.25, 0.3) is 0 Å². The van der Waals surface area contributed by atoms with Crippen molar-refractivity contribution in [1.82, 2.24) is 9.97 Å². The van der Waals surface area contributed by atoms with E-state index in [9.17, 15) is 8.42 Å². The maximum Gasteiger partial charge on any atom is 0.175 e. The van der Waals surface area contributed by atoms with Gasteiger partial charge in [0.2, 0.25) is 0 Å². The van der Waals surface area contributed by atoms with Crippen LogP contribution in [0.25, 0.3) is 10.9 Å². The molecular weight excluding hydrogens is 426 g/mol. The van der Waals surface area contributed by atoms with Crippen LogP contribution < -0.4 is 4.90 Å². The van der Waals surface area contributed by atoms with Crippen LogP contribution in [0.4, 0.5) is 5.82 Å². The van der Waals surface area contributed by atoms with Crippen molar-refractivity contribution in [2.24, 2.45) is 5.92 Å². The summed E-state index contributed by atoms with van der Waals surface area (Å²) < 4.78 is 25.1. The Bertz CT molecular complexity index is 1100. The summed E-state index contributed by atoms with van der Waals surface area (Å²) in [6.45, 7) is 1.62. The third-order valence-electron chi connectivity index (χ3n) is 4.75. The Hall–Kier alpha value is -1.99. The summed E-state index contributed by atoms with van der Waals surface area (Å²) in [6, 6.07) is 13.3. The maximum absolute atomic E-state index is 12.0. The Morgan fingerprint density at radius 3 is 2.67 bits per heavy atom. The molecule has 0 atom stereocenters. The maximum atomic E-state index is 12.0. The lowest BCUT2D eigenvalue weighted by atomic mass is 10.1. The number of anilines is 1. The first-order chi connectivity index (χ1) is 12.9. The lowest BCUT2D eigenvalue weighted by Crippen LogP contribution is -2.26. The van der Waals surface area contributed by atoms with Crippen LogP contribution in [0.5, 0.6) is 0 Å². The lowest BCUT2D eigenvalue weighted by Gasteiger charge is -2.25. The SMILES string of the molecule is CS(=O)(=O)c1ccc2ncnc(N(Cc3cccc(Br)c3)CC3CC3)c2c1. The van der Waals surface area contributed by atoms with Crippen LogP contribution in [-0.2, 0) is 16.4 Å². The Kier molecular flexibility index (Phi) is 4.90. The fourth-order valence-corrected chi connectivity index (χ4v) is 4.29. The normalized spacial score (nSPS) is 14.4. The molecule has 0 N–H and O–H groups in total. The first kappa shape index (κ1) is 18.4. The Labute approximate surface area is 167 Å². The van der Waals surface area contributed by atoms with E-state index in [1.807, 2.05) is 12.1 Å². The van der Waals surface area contributed by atoms with Gasteiger partial charge in [-0.15, -0.1) is 0 Å². The quantitative estimate of drug-likeness (QED) is 0.568. The van der Waals surface area contributed by atoms with E-state index in [-0.39, 0.29) is 0 Å². The second-order valence-electron chi connectivity index (χ2n) is 7.10. The molecule has 1 saturated carbocycles. The van der Waals surface area contributed by atoms with Crippen LogP contribution in [0.2, 0.25) is 0 Å². The van der Waals surface area contributed by atoms with Crippen molar-refractivity contribution in [2.75, 3.05) is 17.7 Å². The van der Waals surface area contributed by atoms with Crippen molar-refractivity contribution in [3.8, 4) is 0 Å². The van der Waals surface area contributed by atoms with Gasteiger partial charge in [-0.2, -0.15) is 0 Å². The second kappa shape index (κ2) is 7.20. The van der Waals surface area contributed by atoms with Gasteiger partial charge in [-0.3, -0.25) is 0 Å². The number of benzene rings is 2. The number of sulfone groups is 1. The summed E-state index contributed by atoms with van der Waals surface area (Å²) in [6.07, 6.45) is 5.23. The van der Waals surface area contributed by atoms with Crippen LogP contribution >= 0.6 is 15.9 Å². The third-order valence-corrected chi connectivity index (χ3v) is 6.35. The molecule has 7 heteroatoms. The van der Waals surface area contributed by atoms with Crippen LogP contribution in [0.3, 0.4) is 0 Å². The summed E-state index contributed by atoms with van der Waals surface area (Å²) in [5.74, 6) is 1.46. The van der Waals surface area contributed by atoms with E-state index in [2.05, 4.69) is 42.9 Å². The van der Waals surface area contributed by atoms with Crippen molar-refractivity contribution in [3.05, 3.63) is 58.8 Å². The van der Waals surface area contributed by atoms with E-state index < -0.39 is 9.84 Å². The highest BCUT2D eigenvalue weighted by atomic mass is 79.9. The number of hydrogen-bond donors (Lipinski definition) is 0. The molecule has 3 aromatic rings. The van der Waals surface area contributed by atoms with Gasteiger partial charge in [-0.25, -0.2) is 18.4 Å². The zero-order valence-electron chi connectivity index (χ0n) is 15.0. The molecule has 1 heterocycles. The Balaban J connectivity index is 1.79. The second-order valence-corrected chi connectivity index (χ2v) is 10.0. The monoisotopic (exact) mass is 445 g/mol. The van der Waals surface area contributed by atoms with Crippen molar-refractivity contribution in [3.63, 3.8) is 0 Å². The highest BCUT2D eigenvalue weighted by molar-refractivity contribution is 9.10. The van der Waals surface area contributed by atoms with Gasteiger partial charge in [-0.05, 0) is 54.7 Å². The molecule has 0 spiro atoms. The molecule has 1 aliphatic carbocycles. The number of halogens is 1. The molecule has 4 rings (SSSR count). The van der Waals surface area contributed by atoms with Crippen molar-refractivity contribution >= 4 is 42.5 Å². The van der Waals surface area contributed by atoms with Gasteiger partial charge in [0.1, 0.15) is 12.1 Å². The van der Waals surface area contributed by atoms with Gasteiger partial charge in [-0.1, -0.05) is 28.1 Å². The molecule has 0 amide bonds. The van der Waals surface area contributed by atoms with Crippen LogP contribution in [0.15, 0.2) is 58.2 Å². The fraction of sp³-hybridized carbons (Fsp3) is 0.300. The van der Waals surface area contributed by atoms with E-state index in [0.29, 0.717) is 17.4 Å². The minimum atomic E-state index is -3.29. The summed E-state index contributed by atoms with van der Waals surface area (Å²) in [4.78, 5) is 11.4. The van der Waals surface area contributed by atoms with Gasteiger partial charge in [0.05, 0.1) is 10.4 Å². The first-order valence-corrected chi connectivity index (χ1v) is 11.5. The average molecular weight is 446 g/mol. The Morgan fingerprint density at radius 1 is 1.15 bits per heavy atom. The highest BCUT2D eigenvalue weighted by Crippen LogP contribution is 2.34. The summed E-state index contributed by atoms with van der Waals surface area (Å²) >= 11 is 3.53. The van der Waals surface area contributed by atoms with E-state index in [0.717, 1.165) is 27.7 Å². The van der Waals surface area contributed by atoms with Crippen molar-refractivity contribution in [2.45, 2.75) is 24.3 Å². The molecular formula is C20H20BrN3O2S. The molecule has 0 radical (unpaired) electrons. The molecule has 1 aromatic heterocycles. The summed E-state index contributed by atoms with van der Waals surface area (Å²) in [5, 5.41) is 0.774.